The zero-order valence-corrected chi connectivity index (χ0v) is 24.2. The maximum atomic E-state index is 13.9. The Hall–Kier alpha value is -2.86. The monoisotopic (exact) mass is 611 g/mol. The van der Waals surface area contributed by atoms with Gasteiger partial charge < -0.3 is 20.1 Å². The first-order chi connectivity index (χ1) is 19.0. The third kappa shape index (κ3) is 6.54. The quantitative estimate of drug-likeness (QED) is 0.437. The zero-order chi connectivity index (χ0) is 29.0. The fourth-order valence-electron chi connectivity index (χ4n) is 5.35. The molecule has 2 atom stereocenters. The van der Waals surface area contributed by atoms with E-state index in [1.165, 1.54) is 36.3 Å². The molecule has 0 radical (unpaired) electrons. The minimum absolute atomic E-state index is 0.0195. The van der Waals surface area contributed by atoms with Crippen LogP contribution in [0.2, 0.25) is 10.0 Å². The number of benzene rings is 2. The average Bonchev–Trinajstić information content (AvgIpc) is 3.40. The maximum Gasteiger partial charge on any atom is 0.305 e. The highest BCUT2D eigenvalue weighted by molar-refractivity contribution is 7.89. The molecule has 1 heterocycles. The van der Waals surface area contributed by atoms with Gasteiger partial charge in [-0.05, 0) is 55.2 Å². The summed E-state index contributed by atoms with van der Waals surface area (Å²) in [5, 5.41) is 12.5. The van der Waals surface area contributed by atoms with Crippen LogP contribution in [0.3, 0.4) is 0 Å². The molecule has 13 heteroatoms. The van der Waals surface area contributed by atoms with Crippen LogP contribution in [0.25, 0.3) is 0 Å². The second kappa shape index (κ2) is 12.8. The summed E-state index contributed by atoms with van der Waals surface area (Å²) < 4.78 is 33.7. The van der Waals surface area contributed by atoms with E-state index in [-0.39, 0.29) is 45.9 Å². The molecule has 2 aromatic rings. The van der Waals surface area contributed by atoms with Crippen molar-refractivity contribution < 1.29 is 32.6 Å². The Bertz CT molecular complexity index is 1380. The molecule has 4 rings (SSSR count). The number of ether oxygens (including phenoxy) is 1. The molecule has 0 spiro atoms. The largest absolute Gasteiger partial charge is 0.497 e. The lowest BCUT2D eigenvalue weighted by molar-refractivity contribution is -0.138. The van der Waals surface area contributed by atoms with Crippen molar-refractivity contribution in [1.29, 1.82) is 0 Å². The molecule has 1 aliphatic heterocycles. The van der Waals surface area contributed by atoms with Crippen LogP contribution in [0, 0.1) is 5.92 Å². The van der Waals surface area contributed by atoms with E-state index in [1.54, 1.807) is 18.2 Å². The Labute approximate surface area is 243 Å². The van der Waals surface area contributed by atoms with Crippen molar-refractivity contribution in [1.82, 2.24) is 14.5 Å². The minimum Gasteiger partial charge on any atom is -0.497 e. The highest BCUT2D eigenvalue weighted by atomic mass is 35.5. The molecule has 2 aliphatic rings. The van der Waals surface area contributed by atoms with E-state index in [0.717, 1.165) is 36.4 Å². The molecule has 2 amide bonds. The molecule has 216 valence electrons. The van der Waals surface area contributed by atoms with Gasteiger partial charge >= 0.3 is 5.97 Å². The average molecular weight is 613 g/mol. The van der Waals surface area contributed by atoms with Crippen molar-refractivity contribution in [2.45, 2.75) is 55.6 Å². The predicted molar refractivity (Wildman–Crippen MR) is 149 cm³/mol. The zero-order valence-electron chi connectivity index (χ0n) is 21.9. The number of carbonyl (C=O) groups is 3. The lowest BCUT2D eigenvalue weighted by Gasteiger charge is -2.34. The number of carboxylic acids is 1. The normalized spacial score (nSPS) is 19.3. The molecule has 2 N–H and O–H groups in total. The molecule has 2 aromatic carbocycles. The topological polar surface area (TPSA) is 133 Å². The predicted octanol–water partition coefficient (Wildman–Crippen LogP) is 4.01. The first-order valence-electron chi connectivity index (χ1n) is 13.0. The molecule has 0 aromatic heterocycles. The van der Waals surface area contributed by atoms with Gasteiger partial charge in [-0.3, -0.25) is 14.4 Å². The summed E-state index contributed by atoms with van der Waals surface area (Å²) in [6.07, 6.45) is 2.49. The molecule has 40 heavy (non-hydrogen) atoms. The Morgan fingerprint density at radius 3 is 2.42 bits per heavy atom. The molecule has 0 bridgehead atoms. The third-order valence-electron chi connectivity index (χ3n) is 7.38. The highest BCUT2D eigenvalue weighted by Crippen LogP contribution is 2.32. The van der Waals surface area contributed by atoms with Gasteiger partial charge in [-0.1, -0.05) is 48.5 Å². The van der Waals surface area contributed by atoms with E-state index >= 15 is 0 Å². The molecular formula is C27H31Cl2N3O7S. The SMILES string of the molecule is COc1cccc(C(=O)N2CCN(S(=O)(=O)c3ccc(Cl)c(Cl)c3)C2C(=O)NC(CC(=O)O)C2CCCCC2)c1. The van der Waals surface area contributed by atoms with Crippen molar-refractivity contribution >= 4 is 51.0 Å². The number of hydrogen-bond donors (Lipinski definition) is 2. The van der Waals surface area contributed by atoms with Crippen LogP contribution in [-0.2, 0) is 19.6 Å². The summed E-state index contributed by atoms with van der Waals surface area (Å²) in [5.74, 6) is -2.07. The number of aliphatic carboxylic acids is 1. The lowest BCUT2D eigenvalue weighted by atomic mass is 9.82. The van der Waals surface area contributed by atoms with Crippen LogP contribution in [0.5, 0.6) is 5.75 Å². The number of amides is 2. The molecule has 2 unspecified atom stereocenters. The lowest BCUT2D eigenvalue weighted by Crippen LogP contribution is -2.56. The molecular weight excluding hydrogens is 581 g/mol. The highest BCUT2D eigenvalue weighted by Gasteiger charge is 2.47. The van der Waals surface area contributed by atoms with E-state index in [9.17, 15) is 27.9 Å². The number of methoxy groups -OCH3 is 1. The van der Waals surface area contributed by atoms with Gasteiger partial charge in [0.25, 0.3) is 11.8 Å². The summed E-state index contributed by atoms with van der Waals surface area (Å²) in [6.45, 7) is -0.231. The van der Waals surface area contributed by atoms with Crippen molar-refractivity contribution in [2.24, 2.45) is 5.92 Å². The van der Waals surface area contributed by atoms with E-state index in [2.05, 4.69) is 5.32 Å². The number of halogens is 2. The third-order valence-corrected chi connectivity index (χ3v) is 9.97. The summed E-state index contributed by atoms with van der Waals surface area (Å²) in [7, 11) is -2.87. The van der Waals surface area contributed by atoms with Crippen LogP contribution in [0.1, 0.15) is 48.9 Å². The number of nitrogens with zero attached hydrogens (tertiary/aromatic N) is 2. The standard InChI is InChI=1S/C27H31Cl2N3O7S/c1-39-19-9-5-8-18(14-19)27(36)31-12-13-32(40(37,38)20-10-11-21(28)22(29)15-20)26(31)25(35)30-23(16-24(33)34)17-6-3-2-4-7-17/h5,8-11,14-15,17,23,26H,2-4,6-7,12-13,16H2,1H3,(H,30,35)(H,33,34). The van der Waals surface area contributed by atoms with Gasteiger partial charge in [0, 0.05) is 24.7 Å². The number of nitrogens with one attached hydrogen (secondary N) is 1. The van der Waals surface area contributed by atoms with Gasteiger partial charge in [0.1, 0.15) is 5.75 Å². The van der Waals surface area contributed by atoms with E-state index in [1.807, 2.05) is 0 Å². The van der Waals surface area contributed by atoms with Crippen molar-refractivity contribution in [3.63, 3.8) is 0 Å². The number of carboxylic acid groups (broad SMARTS) is 1. The second-order valence-electron chi connectivity index (χ2n) is 9.91. The Morgan fingerprint density at radius 1 is 1.05 bits per heavy atom. The van der Waals surface area contributed by atoms with Crippen LogP contribution in [0.15, 0.2) is 47.4 Å². The first kappa shape index (κ1) is 30.1. The van der Waals surface area contributed by atoms with Crippen molar-refractivity contribution in [3.8, 4) is 5.75 Å². The van der Waals surface area contributed by atoms with E-state index in [4.69, 9.17) is 27.9 Å². The fourth-order valence-corrected chi connectivity index (χ4v) is 7.29. The molecule has 10 nitrogen and oxygen atoms in total. The molecule has 1 saturated carbocycles. The maximum absolute atomic E-state index is 13.9. The van der Waals surface area contributed by atoms with Crippen LogP contribution < -0.4 is 10.1 Å². The second-order valence-corrected chi connectivity index (χ2v) is 12.6. The summed E-state index contributed by atoms with van der Waals surface area (Å²) in [6, 6.07) is 9.42. The Kier molecular flexibility index (Phi) is 9.60. The van der Waals surface area contributed by atoms with E-state index in [0.29, 0.717) is 5.75 Å². The van der Waals surface area contributed by atoms with Gasteiger partial charge in [0.2, 0.25) is 10.0 Å². The van der Waals surface area contributed by atoms with Crippen LogP contribution in [0.4, 0.5) is 0 Å². The van der Waals surface area contributed by atoms with Crippen molar-refractivity contribution in [2.75, 3.05) is 20.2 Å². The van der Waals surface area contributed by atoms with E-state index < -0.39 is 40.0 Å². The Morgan fingerprint density at radius 2 is 1.77 bits per heavy atom. The van der Waals surface area contributed by atoms with Gasteiger partial charge in [0.15, 0.2) is 6.17 Å². The van der Waals surface area contributed by atoms with Crippen LogP contribution >= 0.6 is 23.2 Å². The van der Waals surface area contributed by atoms with Gasteiger partial charge in [0.05, 0.1) is 28.5 Å². The summed E-state index contributed by atoms with van der Waals surface area (Å²) >= 11 is 12.1. The smallest absolute Gasteiger partial charge is 0.305 e. The number of rotatable bonds is 9. The fraction of sp³-hybridized carbons (Fsp3) is 0.444. The van der Waals surface area contributed by atoms with Crippen molar-refractivity contribution in [3.05, 3.63) is 58.1 Å². The number of sulfonamides is 1. The summed E-state index contributed by atoms with van der Waals surface area (Å²) in [5.41, 5.74) is 0.209. The minimum atomic E-state index is -4.32. The van der Waals surface area contributed by atoms with Gasteiger partial charge in [-0.25, -0.2) is 8.42 Å². The Balaban J connectivity index is 1.71. The molecule has 2 fully saturated rings. The summed E-state index contributed by atoms with van der Waals surface area (Å²) in [4.78, 5) is 40.2. The number of carbonyl (C=O) groups excluding carboxylic acids is 2. The number of hydrogen-bond acceptors (Lipinski definition) is 6. The molecule has 1 aliphatic carbocycles. The van der Waals surface area contributed by atoms with Gasteiger partial charge in [-0.15, -0.1) is 0 Å². The van der Waals surface area contributed by atoms with Gasteiger partial charge in [-0.2, -0.15) is 4.31 Å². The molecule has 1 saturated heterocycles. The first-order valence-corrected chi connectivity index (χ1v) is 15.2. The van der Waals surface area contributed by atoms with Crippen LogP contribution in [-0.4, -0.2) is 72.9 Å².